The first-order valence-corrected chi connectivity index (χ1v) is 6.42. The molecule has 0 aliphatic rings. The summed E-state index contributed by atoms with van der Waals surface area (Å²) in [5, 5.41) is 3.61. The van der Waals surface area contributed by atoms with Gasteiger partial charge < -0.3 is 5.32 Å². The Labute approximate surface area is 116 Å². The summed E-state index contributed by atoms with van der Waals surface area (Å²) in [5.74, 6) is -2.53. The van der Waals surface area contributed by atoms with E-state index >= 15 is 0 Å². The zero-order chi connectivity index (χ0) is 14.8. The van der Waals surface area contributed by atoms with Crippen molar-refractivity contribution < 1.29 is 22.4 Å². The molecule has 1 aromatic carbocycles. The second kappa shape index (κ2) is 5.62. The Bertz CT molecular complexity index is 577. The molecule has 1 heterocycles. The molecular weight excluding hydrogens is 294 g/mol. The highest BCUT2D eigenvalue weighted by Gasteiger charge is 2.40. The molecule has 0 spiro atoms. The number of benzene rings is 1. The molecule has 0 aliphatic heterocycles. The Morgan fingerprint density at radius 2 is 1.80 bits per heavy atom. The third kappa shape index (κ3) is 3.36. The summed E-state index contributed by atoms with van der Waals surface area (Å²) in [6.45, 7) is 0. The molecule has 1 atom stereocenters. The Morgan fingerprint density at radius 1 is 1.15 bits per heavy atom. The maximum absolute atomic E-state index is 12.9. The van der Waals surface area contributed by atoms with Crippen LogP contribution in [0.2, 0.25) is 0 Å². The van der Waals surface area contributed by atoms with Crippen LogP contribution in [-0.4, -0.2) is 12.1 Å². The fourth-order valence-corrected chi connectivity index (χ4v) is 2.44. The molecule has 106 valence electrons. The first-order chi connectivity index (χ1) is 9.38. The van der Waals surface area contributed by atoms with Gasteiger partial charge in [-0.2, -0.15) is 13.2 Å². The van der Waals surface area contributed by atoms with E-state index in [2.05, 4.69) is 0 Å². The topological polar surface area (TPSA) is 29.1 Å². The van der Waals surface area contributed by atoms with Crippen LogP contribution in [0.3, 0.4) is 0 Å². The lowest BCUT2D eigenvalue weighted by atomic mass is 10.1. The fourth-order valence-electron chi connectivity index (χ4n) is 1.64. The summed E-state index contributed by atoms with van der Waals surface area (Å²) in [6.07, 6.45) is -4.96. The molecule has 1 unspecified atom stereocenters. The molecule has 0 aliphatic carbocycles. The molecule has 2 aromatic rings. The van der Waals surface area contributed by atoms with E-state index in [1.807, 2.05) is 5.32 Å². The van der Waals surface area contributed by atoms with Gasteiger partial charge in [-0.3, -0.25) is 4.79 Å². The van der Waals surface area contributed by atoms with Gasteiger partial charge in [0.05, 0.1) is 6.04 Å². The molecule has 0 radical (unpaired) electrons. The van der Waals surface area contributed by atoms with Crippen molar-refractivity contribution in [1.82, 2.24) is 5.32 Å². The Hall–Kier alpha value is -1.89. The number of thiophene rings is 1. The van der Waals surface area contributed by atoms with Crippen molar-refractivity contribution in [1.29, 1.82) is 0 Å². The maximum Gasteiger partial charge on any atom is 0.471 e. The molecule has 20 heavy (non-hydrogen) atoms. The Morgan fingerprint density at radius 3 is 2.30 bits per heavy atom. The predicted octanol–water partition coefficient (Wildman–Crippen LogP) is 3.66. The minimum Gasteiger partial charge on any atom is -0.337 e. The highest BCUT2D eigenvalue weighted by Crippen LogP contribution is 2.27. The molecule has 0 saturated carbocycles. The van der Waals surface area contributed by atoms with Crippen molar-refractivity contribution in [3.63, 3.8) is 0 Å². The van der Waals surface area contributed by atoms with Crippen LogP contribution in [0.4, 0.5) is 17.6 Å². The van der Waals surface area contributed by atoms with Gasteiger partial charge in [-0.25, -0.2) is 4.39 Å². The Balaban J connectivity index is 2.31. The van der Waals surface area contributed by atoms with Crippen LogP contribution in [0, 0.1) is 5.82 Å². The predicted molar refractivity (Wildman–Crippen MR) is 66.8 cm³/mol. The van der Waals surface area contributed by atoms with E-state index in [0.29, 0.717) is 10.4 Å². The van der Waals surface area contributed by atoms with E-state index in [1.165, 1.54) is 23.5 Å². The number of rotatable bonds is 3. The number of amides is 1. The van der Waals surface area contributed by atoms with Gasteiger partial charge in [0.15, 0.2) is 0 Å². The molecule has 1 aromatic heterocycles. The second-order valence-corrected chi connectivity index (χ2v) is 4.95. The number of hydrogen-bond donors (Lipinski definition) is 1. The van der Waals surface area contributed by atoms with Crippen LogP contribution < -0.4 is 5.32 Å². The van der Waals surface area contributed by atoms with E-state index in [4.69, 9.17) is 0 Å². The number of carbonyl (C=O) groups is 1. The van der Waals surface area contributed by atoms with Crippen molar-refractivity contribution in [2.75, 3.05) is 0 Å². The molecule has 7 heteroatoms. The number of alkyl halides is 3. The minimum absolute atomic E-state index is 0.381. The van der Waals surface area contributed by atoms with Crippen LogP contribution in [0.25, 0.3) is 0 Å². The second-order valence-electron chi connectivity index (χ2n) is 3.97. The monoisotopic (exact) mass is 303 g/mol. The number of carbonyl (C=O) groups excluding carboxylic acids is 1. The zero-order valence-corrected chi connectivity index (χ0v) is 10.8. The molecule has 0 fully saturated rings. The van der Waals surface area contributed by atoms with Gasteiger partial charge in [-0.15, -0.1) is 11.3 Å². The number of halogens is 4. The molecule has 1 N–H and O–H groups in total. The summed E-state index contributed by atoms with van der Waals surface area (Å²) < 4.78 is 50.0. The van der Waals surface area contributed by atoms with Crippen LogP contribution in [0.1, 0.15) is 16.5 Å². The summed E-state index contributed by atoms with van der Waals surface area (Å²) >= 11 is 1.21. The summed E-state index contributed by atoms with van der Waals surface area (Å²) in [4.78, 5) is 11.6. The molecule has 2 rings (SSSR count). The lowest BCUT2D eigenvalue weighted by molar-refractivity contribution is -0.174. The third-order valence-corrected chi connectivity index (χ3v) is 3.50. The highest BCUT2D eigenvalue weighted by atomic mass is 32.1. The minimum atomic E-state index is -4.96. The normalized spacial score (nSPS) is 13.0. The first-order valence-electron chi connectivity index (χ1n) is 5.54. The molecule has 1 amide bonds. The third-order valence-electron chi connectivity index (χ3n) is 2.56. The van der Waals surface area contributed by atoms with Gasteiger partial charge in [0.25, 0.3) is 0 Å². The summed E-state index contributed by atoms with van der Waals surface area (Å²) in [7, 11) is 0. The fraction of sp³-hybridized carbons (Fsp3) is 0.154. The van der Waals surface area contributed by atoms with E-state index in [9.17, 15) is 22.4 Å². The van der Waals surface area contributed by atoms with Gasteiger partial charge in [0, 0.05) is 4.88 Å². The van der Waals surface area contributed by atoms with Crippen LogP contribution in [0.5, 0.6) is 0 Å². The van der Waals surface area contributed by atoms with Crippen molar-refractivity contribution >= 4 is 17.2 Å². The summed E-state index contributed by atoms with van der Waals surface area (Å²) in [6, 6.07) is 7.27. The van der Waals surface area contributed by atoms with Crippen molar-refractivity contribution in [3.05, 3.63) is 58.0 Å². The molecule has 0 saturated heterocycles. The largest absolute Gasteiger partial charge is 0.471 e. The first kappa shape index (κ1) is 14.5. The van der Waals surface area contributed by atoms with Crippen molar-refractivity contribution in [2.24, 2.45) is 0 Å². The quantitative estimate of drug-likeness (QED) is 0.862. The zero-order valence-electron chi connectivity index (χ0n) is 9.95. The average Bonchev–Trinajstić information content (AvgIpc) is 2.89. The highest BCUT2D eigenvalue weighted by molar-refractivity contribution is 7.10. The molecule has 0 bridgehead atoms. The van der Waals surface area contributed by atoms with Crippen LogP contribution in [-0.2, 0) is 4.79 Å². The average molecular weight is 303 g/mol. The smallest absolute Gasteiger partial charge is 0.337 e. The van der Waals surface area contributed by atoms with Gasteiger partial charge in [-0.1, -0.05) is 18.2 Å². The SMILES string of the molecule is O=C(NC(c1ccc(F)cc1)c1cccs1)C(F)(F)F. The molecular formula is C13H9F4NOS. The van der Waals surface area contributed by atoms with Crippen molar-refractivity contribution in [3.8, 4) is 0 Å². The molecule has 2 nitrogen and oxygen atoms in total. The standard InChI is InChI=1S/C13H9F4NOS/c14-9-5-3-8(4-6-9)11(10-2-1-7-20-10)18-12(19)13(15,16)17/h1-7,11H,(H,18,19). The van der Waals surface area contributed by atoms with Gasteiger partial charge in [-0.05, 0) is 29.1 Å². The maximum atomic E-state index is 12.9. The van der Waals surface area contributed by atoms with Crippen molar-refractivity contribution in [2.45, 2.75) is 12.2 Å². The number of nitrogens with one attached hydrogen (secondary N) is 1. The van der Waals surface area contributed by atoms with Gasteiger partial charge in [0.1, 0.15) is 5.82 Å². The van der Waals surface area contributed by atoms with Crippen LogP contribution >= 0.6 is 11.3 Å². The summed E-state index contributed by atoms with van der Waals surface area (Å²) in [5.41, 5.74) is 0.381. The van der Waals surface area contributed by atoms with Crippen LogP contribution in [0.15, 0.2) is 41.8 Å². The van der Waals surface area contributed by atoms with E-state index < -0.39 is 23.9 Å². The Kier molecular flexibility index (Phi) is 4.08. The van der Waals surface area contributed by atoms with Gasteiger partial charge in [0.2, 0.25) is 0 Å². The van der Waals surface area contributed by atoms with E-state index in [1.54, 1.807) is 17.5 Å². The lowest BCUT2D eigenvalue weighted by Gasteiger charge is -2.19. The lowest BCUT2D eigenvalue weighted by Crippen LogP contribution is -2.39. The van der Waals surface area contributed by atoms with E-state index in [0.717, 1.165) is 12.1 Å². The number of hydrogen-bond acceptors (Lipinski definition) is 2. The van der Waals surface area contributed by atoms with E-state index in [-0.39, 0.29) is 0 Å². The van der Waals surface area contributed by atoms with Gasteiger partial charge >= 0.3 is 12.1 Å².